The topological polar surface area (TPSA) is 76.9 Å². The van der Waals surface area contributed by atoms with Gasteiger partial charge in [0.25, 0.3) is 0 Å². The number of hydrogen-bond donors (Lipinski definition) is 1. The summed E-state index contributed by atoms with van der Waals surface area (Å²) in [7, 11) is 0. The number of rotatable bonds is 7. The third-order valence-corrected chi connectivity index (χ3v) is 6.21. The quantitative estimate of drug-likeness (QED) is 0.291. The number of carbonyl (C=O) groups excluding carboxylic acids is 2. The molecule has 0 aliphatic carbocycles. The van der Waals surface area contributed by atoms with Gasteiger partial charge in [-0.25, -0.2) is 0 Å². The molecule has 0 fully saturated rings. The van der Waals surface area contributed by atoms with Crippen molar-refractivity contribution in [3.05, 3.63) is 90.0 Å². The van der Waals surface area contributed by atoms with Crippen LogP contribution in [0.1, 0.15) is 29.8 Å². The zero-order valence-corrected chi connectivity index (χ0v) is 19.5. The van der Waals surface area contributed by atoms with Crippen LogP contribution in [0.4, 0.5) is 5.69 Å². The zero-order chi connectivity index (χ0) is 23.4. The number of anilines is 1. The molecule has 1 aromatic heterocycles. The maximum Gasteiger partial charge on any atom is 0.237 e. The highest BCUT2D eigenvalue weighted by molar-refractivity contribution is 8.00. The van der Waals surface area contributed by atoms with E-state index in [1.807, 2.05) is 73.0 Å². The molecular formula is C26H24N4O2S. The summed E-state index contributed by atoms with van der Waals surface area (Å²) in [5.41, 5.74) is 4.28. The highest BCUT2D eigenvalue weighted by atomic mass is 32.2. The van der Waals surface area contributed by atoms with Gasteiger partial charge in [0.2, 0.25) is 5.91 Å². The molecule has 0 aliphatic rings. The normalized spacial score (nSPS) is 11.7. The van der Waals surface area contributed by atoms with E-state index < -0.39 is 5.25 Å². The van der Waals surface area contributed by atoms with Crippen molar-refractivity contribution in [3.63, 3.8) is 0 Å². The van der Waals surface area contributed by atoms with Crippen LogP contribution in [0, 0.1) is 6.92 Å². The summed E-state index contributed by atoms with van der Waals surface area (Å²) in [6.45, 7) is 5.39. The van der Waals surface area contributed by atoms with Gasteiger partial charge >= 0.3 is 0 Å². The van der Waals surface area contributed by atoms with Crippen LogP contribution >= 0.6 is 11.8 Å². The molecule has 1 unspecified atom stereocenters. The molecule has 0 saturated carbocycles. The minimum Gasteiger partial charge on any atom is -0.325 e. The first-order valence-electron chi connectivity index (χ1n) is 10.6. The SMILES string of the molecule is CC(=O)c1ccc(NC(=O)C(C)Sc2nnc(-c3ccccc3)n2-c2ccc(C)cc2)cc1. The van der Waals surface area contributed by atoms with E-state index in [9.17, 15) is 9.59 Å². The maximum absolute atomic E-state index is 12.8. The van der Waals surface area contributed by atoms with Gasteiger partial charge in [-0.1, -0.05) is 59.8 Å². The fraction of sp³-hybridized carbons (Fsp3) is 0.154. The number of carbonyl (C=O) groups is 2. The van der Waals surface area contributed by atoms with Crippen LogP contribution in [-0.2, 0) is 4.79 Å². The van der Waals surface area contributed by atoms with Gasteiger partial charge in [-0.15, -0.1) is 10.2 Å². The number of hydrogen-bond acceptors (Lipinski definition) is 5. The Morgan fingerprint density at radius 1 is 0.909 bits per heavy atom. The summed E-state index contributed by atoms with van der Waals surface area (Å²) in [6, 6.07) is 24.9. The molecular weight excluding hydrogens is 432 g/mol. The Kier molecular flexibility index (Phi) is 6.70. The average Bonchev–Trinajstić information content (AvgIpc) is 3.24. The molecule has 1 heterocycles. The number of aromatic nitrogens is 3. The Bertz CT molecular complexity index is 1270. The van der Waals surface area contributed by atoms with E-state index in [0.717, 1.165) is 22.6 Å². The Morgan fingerprint density at radius 3 is 2.21 bits per heavy atom. The summed E-state index contributed by atoms with van der Waals surface area (Å²) in [5, 5.41) is 12.0. The standard InChI is InChI=1S/C26H24N4O2S/c1-17-9-15-23(16-10-17)30-24(21-7-5-4-6-8-21)28-29-26(30)33-19(3)25(32)27-22-13-11-20(12-14-22)18(2)31/h4-16,19H,1-3H3,(H,27,32). The molecule has 1 amide bonds. The van der Waals surface area contributed by atoms with E-state index in [2.05, 4.69) is 15.5 Å². The van der Waals surface area contributed by atoms with Crippen molar-refractivity contribution in [1.82, 2.24) is 14.8 Å². The predicted molar refractivity (Wildman–Crippen MR) is 132 cm³/mol. The number of nitrogens with one attached hydrogen (secondary N) is 1. The number of aryl methyl sites for hydroxylation is 1. The molecule has 3 aromatic carbocycles. The zero-order valence-electron chi connectivity index (χ0n) is 18.6. The first-order valence-corrected chi connectivity index (χ1v) is 11.5. The van der Waals surface area contributed by atoms with Gasteiger partial charge in [0.05, 0.1) is 5.25 Å². The lowest BCUT2D eigenvalue weighted by Crippen LogP contribution is -2.23. The van der Waals surface area contributed by atoms with Gasteiger partial charge in [-0.3, -0.25) is 14.2 Å². The van der Waals surface area contributed by atoms with Crippen LogP contribution in [-0.4, -0.2) is 31.7 Å². The first-order chi connectivity index (χ1) is 15.9. The minimum absolute atomic E-state index is 0.0125. The Labute approximate surface area is 197 Å². The smallest absolute Gasteiger partial charge is 0.237 e. The van der Waals surface area contributed by atoms with Crippen molar-refractivity contribution in [2.45, 2.75) is 31.2 Å². The number of Topliss-reactive ketones (excluding diaryl/α,β-unsaturated/α-hetero) is 1. The van der Waals surface area contributed by atoms with Gasteiger partial charge in [0, 0.05) is 22.5 Å². The van der Waals surface area contributed by atoms with Crippen molar-refractivity contribution < 1.29 is 9.59 Å². The molecule has 1 N–H and O–H groups in total. The van der Waals surface area contributed by atoms with E-state index in [1.165, 1.54) is 18.7 Å². The molecule has 0 radical (unpaired) electrons. The molecule has 4 rings (SSSR count). The fourth-order valence-electron chi connectivity index (χ4n) is 3.29. The molecule has 4 aromatic rings. The average molecular weight is 457 g/mol. The maximum atomic E-state index is 12.8. The van der Waals surface area contributed by atoms with E-state index in [-0.39, 0.29) is 11.7 Å². The largest absolute Gasteiger partial charge is 0.325 e. The van der Waals surface area contributed by atoms with Gasteiger partial charge in [0.1, 0.15) is 0 Å². The van der Waals surface area contributed by atoms with Crippen molar-refractivity contribution in [1.29, 1.82) is 0 Å². The van der Waals surface area contributed by atoms with Crippen LogP contribution in [0.5, 0.6) is 0 Å². The second kappa shape index (κ2) is 9.83. The summed E-state index contributed by atoms with van der Waals surface area (Å²) < 4.78 is 1.98. The highest BCUT2D eigenvalue weighted by Gasteiger charge is 2.22. The third kappa shape index (κ3) is 5.21. The lowest BCUT2D eigenvalue weighted by Gasteiger charge is -2.14. The predicted octanol–water partition coefficient (Wildman–Crippen LogP) is 5.56. The minimum atomic E-state index is -0.422. The second-order valence-electron chi connectivity index (χ2n) is 7.73. The van der Waals surface area contributed by atoms with Crippen LogP contribution in [0.3, 0.4) is 0 Å². The summed E-state index contributed by atoms with van der Waals surface area (Å²) in [6.07, 6.45) is 0. The van der Waals surface area contributed by atoms with E-state index in [1.54, 1.807) is 24.3 Å². The lowest BCUT2D eigenvalue weighted by molar-refractivity contribution is -0.115. The summed E-state index contributed by atoms with van der Waals surface area (Å²) >= 11 is 1.34. The molecule has 0 spiro atoms. The van der Waals surface area contributed by atoms with Crippen LogP contribution < -0.4 is 5.32 Å². The van der Waals surface area contributed by atoms with E-state index in [0.29, 0.717) is 16.4 Å². The molecule has 1 atom stereocenters. The number of nitrogens with zero attached hydrogens (tertiary/aromatic N) is 3. The number of benzene rings is 3. The lowest BCUT2D eigenvalue weighted by atomic mass is 10.1. The van der Waals surface area contributed by atoms with Gasteiger partial charge < -0.3 is 5.32 Å². The van der Waals surface area contributed by atoms with Gasteiger partial charge in [-0.2, -0.15) is 0 Å². The van der Waals surface area contributed by atoms with E-state index in [4.69, 9.17) is 0 Å². The number of amides is 1. The molecule has 0 aliphatic heterocycles. The second-order valence-corrected chi connectivity index (χ2v) is 9.03. The summed E-state index contributed by atoms with van der Waals surface area (Å²) in [4.78, 5) is 24.3. The third-order valence-electron chi connectivity index (χ3n) is 5.17. The molecule has 6 nitrogen and oxygen atoms in total. The van der Waals surface area contributed by atoms with Crippen molar-refractivity contribution in [3.8, 4) is 17.1 Å². The monoisotopic (exact) mass is 456 g/mol. The Hall–Kier alpha value is -3.71. The molecule has 0 saturated heterocycles. The summed E-state index contributed by atoms with van der Waals surface area (Å²) in [5.74, 6) is 0.547. The van der Waals surface area contributed by atoms with Crippen molar-refractivity contribution >= 4 is 29.1 Å². The molecule has 33 heavy (non-hydrogen) atoms. The van der Waals surface area contributed by atoms with Gasteiger partial charge in [-0.05, 0) is 57.2 Å². The van der Waals surface area contributed by atoms with Crippen LogP contribution in [0.2, 0.25) is 0 Å². The van der Waals surface area contributed by atoms with E-state index >= 15 is 0 Å². The first kappa shape index (κ1) is 22.5. The fourth-order valence-corrected chi connectivity index (χ4v) is 4.16. The molecule has 0 bridgehead atoms. The van der Waals surface area contributed by atoms with Crippen LogP contribution in [0.15, 0.2) is 84.0 Å². The van der Waals surface area contributed by atoms with Crippen molar-refractivity contribution in [2.24, 2.45) is 0 Å². The Balaban J connectivity index is 1.59. The number of ketones is 1. The molecule has 166 valence electrons. The Morgan fingerprint density at radius 2 is 1.58 bits per heavy atom. The number of thioether (sulfide) groups is 1. The van der Waals surface area contributed by atoms with Gasteiger partial charge in [0.15, 0.2) is 16.8 Å². The van der Waals surface area contributed by atoms with Crippen LogP contribution in [0.25, 0.3) is 17.1 Å². The molecule has 7 heteroatoms. The van der Waals surface area contributed by atoms with Crippen molar-refractivity contribution in [2.75, 3.05) is 5.32 Å². The highest BCUT2D eigenvalue weighted by Crippen LogP contribution is 2.30.